The van der Waals surface area contributed by atoms with Gasteiger partial charge in [0.2, 0.25) is 5.17 Å². The van der Waals surface area contributed by atoms with Gasteiger partial charge in [0, 0.05) is 5.75 Å². The fourth-order valence-corrected chi connectivity index (χ4v) is 5.86. The highest BCUT2D eigenvalue weighted by molar-refractivity contribution is 8.18. The second-order valence-electron chi connectivity index (χ2n) is 8.49. The van der Waals surface area contributed by atoms with Crippen molar-refractivity contribution in [2.45, 2.75) is 19.3 Å². The molecule has 7 nitrogen and oxygen atoms in total. The van der Waals surface area contributed by atoms with Gasteiger partial charge >= 0.3 is 0 Å². The van der Waals surface area contributed by atoms with Gasteiger partial charge in [0.05, 0.1) is 29.7 Å². The molecule has 3 aromatic carbocycles. The van der Waals surface area contributed by atoms with Gasteiger partial charge in [0.15, 0.2) is 16.7 Å². The van der Waals surface area contributed by atoms with Crippen LogP contribution in [0.15, 0.2) is 81.7 Å². The number of aliphatic imine (C=N–C) groups is 1. The molecule has 192 valence electrons. The van der Waals surface area contributed by atoms with E-state index in [1.165, 1.54) is 24.4 Å². The first kappa shape index (κ1) is 26.1. The number of aryl methyl sites for hydroxylation is 1. The van der Waals surface area contributed by atoms with E-state index in [2.05, 4.69) is 9.39 Å². The van der Waals surface area contributed by atoms with Crippen LogP contribution < -0.4 is 9.47 Å². The van der Waals surface area contributed by atoms with Gasteiger partial charge in [-0.25, -0.2) is 4.90 Å². The third kappa shape index (κ3) is 5.65. The Morgan fingerprint density at radius 1 is 1.11 bits per heavy atom. The van der Waals surface area contributed by atoms with Gasteiger partial charge < -0.3 is 9.47 Å². The number of carbonyl (C=O) groups is 1. The number of fused-ring (bicyclic) bond motifs is 1. The molecule has 0 bridgehead atoms. The molecule has 2 aliphatic heterocycles. The number of benzene rings is 3. The molecule has 0 atom stereocenters. The molecule has 2 aliphatic rings. The quantitative estimate of drug-likeness (QED) is 0.253. The molecule has 0 fully saturated rings. The van der Waals surface area contributed by atoms with Gasteiger partial charge in [-0.2, -0.15) is 9.39 Å². The topological polar surface area (TPSA) is 87.3 Å². The highest BCUT2D eigenvalue weighted by atomic mass is 35.5. The van der Waals surface area contributed by atoms with Crippen LogP contribution in [0.2, 0.25) is 5.02 Å². The van der Waals surface area contributed by atoms with Crippen LogP contribution in [0, 0.1) is 12.3 Å². The number of amides is 1. The van der Waals surface area contributed by atoms with E-state index >= 15 is 0 Å². The summed E-state index contributed by atoms with van der Waals surface area (Å²) in [6, 6.07) is 21.4. The first-order chi connectivity index (χ1) is 18.4. The first-order valence-electron chi connectivity index (χ1n) is 11.6. The number of hydrogen-bond donors (Lipinski definition) is 1. The molecule has 0 aliphatic carbocycles. The molecule has 3 aromatic rings. The predicted octanol–water partition coefficient (Wildman–Crippen LogP) is 6.75. The number of ether oxygens (including phenoxy) is 2. The Labute approximate surface area is 234 Å². The lowest BCUT2D eigenvalue weighted by Gasteiger charge is -2.24. The van der Waals surface area contributed by atoms with Gasteiger partial charge in [0.1, 0.15) is 12.4 Å². The van der Waals surface area contributed by atoms with Crippen molar-refractivity contribution >= 4 is 63.5 Å². The molecule has 1 N–H and O–H groups in total. The molecule has 38 heavy (non-hydrogen) atoms. The monoisotopic (exact) mass is 562 g/mol. The van der Waals surface area contributed by atoms with E-state index in [1.807, 2.05) is 61.5 Å². The van der Waals surface area contributed by atoms with Gasteiger partial charge in [-0.15, -0.1) is 0 Å². The number of carbonyl (C=O) groups excluding carboxylic acids is 1. The average Bonchev–Trinajstić information content (AvgIpc) is 3.33. The Hall–Kier alpha value is -3.53. The number of thioether (sulfide) groups is 1. The van der Waals surface area contributed by atoms with Crippen LogP contribution in [-0.4, -0.2) is 34.1 Å². The largest absolute Gasteiger partial charge is 0.493 e. The fraction of sp³-hybridized carbons (Fsp3) is 0.143. The molecule has 5 rings (SSSR count). The molecular formula is C28H23ClN4O3S2. The number of rotatable bonds is 7. The van der Waals surface area contributed by atoms with Crippen LogP contribution in [0.25, 0.3) is 6.08 Å². The van der Waals surface area contributed by atoms with Gasteiger partial charge in [0.25, 0.3) is 5.91 Å². The van der Waals surface area contributed by atoms with E-state index in [-0.39, 0.29) is 11.4 Å². The maximum absolute atomic E-state index is 12.8. The number of nitrogens with one attached hydrogen (secondary N) is 1. The number of methoxy groups -OCH3 is 1. The number of amidine groups is 3. The van der Waals surface area contributed by atoms with E-state index in [0.717, 1.165) is 23.1 Å². The summed E-state index contributed by atoms with van der Waals surface area (Å²) in [6.45, 7) is 2.35. The maximum Gasteiger partial charge on any atom is 0.283 e. The van der Waals surface area contributed by atoms with E-state index in [4.69, 9.17) is 26.5 Å². The minimum absolute atomic E-state index is 0.0131. The molecule has 0 saturated heterocycles. The number of halogens is 1. The van der Waals surface area contributed by atoms with Crippen LogP contribution in [0.5, 0.6) is 11.5 Å². The first-order valence-corrected chi connectivity index (χ1v) is 13.8. The van der Waals surface area contributed by atoms with E-state index in [0.29, 0.717) is 44.8 Å². The molecular weight excluding hydrogens is 540 g/mol. The van der Waals surface area contributed by atoms with Crippen LogP contribution in [0.1, 0.15) is 22.3 Å². The second-order valence-corrected chi connectivity index (χ2v) is 10.6. The summed E-state index contributed by atoms with van der Waals surface area (Å²) in [5, 5.41) is 10.1. The van der Waals surface area contributed by atoms with Gasteiger partial charge in [-0.1, -0.05) is 83.5 Å². The van der Waals surface area contributed by atoms with Crippen LogP contribution in [-0.2, 0) is 17.2 Å². The normalized spacial score (nSPS) is 15.9. The maximum atomic E-state index is 12.8. The van der Waals surface area contributed by atoms with Crippen molar-refractivity contribution in [2.24, 2.45) is 9.39 Å². The molecule has 0 spiro atoms. The standard InChI is InChI=1S/C28H23ClN4O3S2/c1-17-8-10-18(11-9-17)15-36-24-22(29)13-20(14-23(24)35-2)12-21-25(30)33-27(31-26(21)34)38-32-28(33)37-16-19-6-4-3-5-7-19/h3-14,30H,15-16H2,1-2H3. The smallest absolute Gasteiger partial charge is 0.283 e. The van der Waals surface area contributed by atoms with E-state index in [1.54, 1.807) is 23.1 Å². The number of nitrogens with zero attached hydrogens (tertiary/aromatic N) is 3. The van der Waals surface area contributed by atoms with Gasteiger partial charge in [-0.05, 0) is 41.8 Å². The molecule has 1 amide bonds. The summed E-state index contributed by atoms with van der Waals surface area (Å²) in [7, 11) is 1.53. The third-order valence-electron chi connectivity index (χ3n) is 5.77. The zero-order valence-corrected chi connectivity index (χ0v) is 23.0. The minimum Gasteiger partial charge on any atom is -0.493 e. The molecule has 10 heteroatoms. The van der Waals surface area contributed by atoms with Crippen molar-refractivity contribution < 1.29 is 14.3 Å². The zero-order chi connectivity index (χ0) is 26.6. The lowest BCUT2D eigenvalue weighted by molar-refractivity contribution is -0.114. The Kier molecular flexibility index (Phi) is 7.87. The Bertz CT molecular complexity index is 1490. The number of hydrogen-bond acceptors (Lipinski definition) is 7. The lowest BCUT2D eigenvalue weighted by Crippen LogP contribution is -2.41. The van der Waals surface area contributed by atoms with Crippen LogP contribution >= 0.6 is 35.3 Å². The average molecular weight is 563 g/mol. The molecule has 2 heterocycles. The Morgan fingerprint density at radius 2 is 1.87 bits per heavy atom. The van der Waals surface area contributed by atoms with Crippen molar-refractivity contribution in [1.82, 2.24) is 4.90 Å². The SMILES string of the molecule is COc1cc(C=C2C(=N)N3C(SCc4ccccc4)=NSC3=NC2=O)cc(Cl)c1OCc1ccc(C)cc1. The zero-order valence-electron chi connectivity index (χ0n) is 20.6. The lowest BCUT2D eigenvalue weighted by atomic mass is 10.1. The molecule has 0 saturated carbocycles. The second kappa shape index (κ2) is 11.5. The Balaban J connectivity index is 1.36. The summed E-state index contributed by atoms with van der Waals surface area (Å²) in [5.41, 5.74) is 4.03. The van der Waals surface area contributed by atoms with Gasteiger partial charge in [-0.3, -0.25) is 10.2 Å². The summed E-state index contributed by atoms with van der Waals surface area (Å²) < 4.78 is 15.9. The molecule has 0 radical (unpaired) electrons. The van der Waals surface area contributed by atoms with E-state index < -0.39 is 5.91 Å². The summed E-state index contributed by atoms with van der Waals surface area (Å²) in [5.74, 6) is 1.02. The predicted molar refractivity (Wildman–Crippen MR) is 156 cm³/mol. The summed E-state index contributed by atoms with van der Waals surface area (Å²) in [4.78, 5) is 18.6. The highest BCUT2D eigenvalue weighted by Gasteiger charge is 2.37. The van der Waals surface area contributed by atoms with Crippen molar-refractivity contribution in [3.63, 3.8) is 0 Å². The van der Waals surface area contributed by atoms with E-state index in [9.17, 15) is 4.79 Å². The van der Waals surface area contributed by atoms with Crippen LogP contribution in [0.4, 0.5) is 0 Å². The van der Waals surface area contributed by atoms with Crippen LogP contribution in [0.3, 0.4) is 0 Å². The molecule has 0 unspecified atom stereocenters. The highest BCUT2D eigenvalue weighted by Crippen LogP contribution is 2.38. The van der Waals surface area contributed by atoms with Crippen molar-refractivity contribution in [1.29, 1.82) is 5.41 Å². The molecule has 0 aromatic heterocycles. The Morgan fingerprint density at radius 3 is 2.61 bits per heavy atom. The fourth-order valence-electron chi connectivity index (χ4n) is 3.79. The third-order valence-corrected chi connectivity index (χ3v) is 7.88. The summed E-state index contributed by atoms with van der Waals surface area (Å²) >= 11 is 9.16. The van der Waals surface area contributed by atoms with Crippen molar-refractivity contribution in [3.05, 3.63) is 99.6 Å². The summed E-state index contributed by atoms with van der Waals surface area (Å²) in [6.07, 6.45) is 1.59. The van der Waals surface area contributed by atoms with Crippen molar-refractivity contribution in [2.75, 3.05) is 7.11 Å². The van der Waals surface area contributed by atoms with Crippen molar-refractivity contribution in [3.8, 4) is 11.5 Å². The minimum atomic E-state index is -0.506.